The molecule has 0 fully saturated rings. The summed E-state index contributed by atoms with van der Waals surface area (Å²) in [6, 6.07) is 1.08. The van der Waals surface area contributed by atoms with E-state index in [0.29, 0.717) is 6.61 Å². The normalized spacial score (nSPS) is 13.1. The summed E-state index contributed by atoms with van der Waals surface area (Å²) in [6.45, 7) is 2.18. The van der Waals surface area contributed by atoms with E-state index in [1.165, 1.54) is 0 Å². The average molecular weight is 373 g/mol. The van der Waals surface area contributed by atoms with Gasteiger partial charge in [0.15, 0.2) is 10.7 Å². The van der Waals surface area contributed by atoms with Crippen molar-refractivity contribution in [2.45, 2.75) is 18.7 Å². The van der Waals surface area contributed by atoms with E-state index in [1.54, 1.807) is 6.92 Å². The maximum atomic E-state index is 11.6. The first kappa shape index (κ1) is 19.3. The third kappa shape index (κ3) is 6.15. The molecule has 0 amide bonds. The van der Waals surface area contributed by atoms with Gasteiger partial charge < -0.3 is 9.47 Å². The third-order valence-electron chi connectivity index (χ3n) is 2.53. The molecule has 0 saturated heterocycles. The van der Waals surface area contributed by atoms with Gasteiger partial charge in [0.05, 0.1) is 13.2 Å². The van der Waals surface area contributed by atoms with Crippen LogP contribution in [0.1, 0.15) is 17.4 Å². The molecular weight excluding hydrogens is 352 g/mol. The lowest BCUT2D eigenvalue weighted by molar-refractivity contribution is 0.0509. The number of carbonyl (C=O) groups excluding carboxylic acids is 1. The predicted molar refractivity (Wildman–Crippen MR) is 87.4 cm³/mol. The van der Waals surface area contributed by atoms with Crippen LogP contribution in [0.15, 0.2) is 11.1 Å². The van der Waals surface area contributed by atoms with Crippen molar-refractivity contribution < 1.29 is 22.7 Å². The van der Waals surface area contributed by atoms with Gasteiger partial charge in [0.25, 0.3) is 9.05 Å². The quantitative estimate of drug-likeness (QED) is 0.391. The zero-order valence-electron chi connectivity index (χ0n) is 13.0. The van der Waals surface area contributed by atoms with Gasteiger partial charge in [0, 0.05) is 22.5 Å². The highest BCUT2D eigenvalue weighted by atomic mass is 35.7. The van der Waals surface area contributed by atoms with Crippen LogP contribution in [0.5, 0.6) is 0 Å². The second kappa shape index (κ2) is 7.67. The molecule has 1 aromatic heterocycles. The van der Waals surface area contributed by atoms with Gasteiger partial charge >= 0.3 is 5.97 Å². The highest BCUT2D eigenvalue weighted by molar-refractivity contribution is 8.32. The molecule has 0 saturated carbocycles. The summed E-state index contributed by atoms with van der Waals surface area (Å²) in [5.41, 5.74) is -0.119. The lowest BCUT2D eigenvalue weighted by atomic mass is 10.4. The summed E-state index contributed by atoms with van der Waals surface area (Å²) in [5, 5.41) is 3.60. The molecule has 1 aromatic rings. The molecular formula is C12H21ClN2O5S2. The van der Waals surface area contributed by atoms with Crippen molar-refractivity contribution in [2.75, 3.05) is 37.7 Å². The van der Waals surface area contributed by atoms with E-state index >= 15 is 0 Å². The van der Waals surface area contributed by atoms with Crippen molar-refractivity contribution in [3.05, 3.63) is 11.8 Å². The Morgan fingerprint density at radius 2 is 2.00 bits per heavy atom. The molecule has 1 heterocycles. The van der Waals surface area contributed by atoms with Crippen molar-refractivity contribution in [1.29, 1.82) is 0 Å². The van der Waals surface area contributed by atoms with Gasteiger partial charge in [0.1, 0.15) is 6.73 Å². The minimum absolute atomic E-state index is 0.101. The third-order valence-corrected chi connectivity index (χ3v) is 5.22. The molecule has 0 unspecified atom stereocenters. The van der Waals surface area contributed by atoms with Crippen LogP contribution in [0, 0.1) is 0 Å². The van der Waals surface area contributed by atoms with Crippen LogP contribution >= 0.6 is 20.7 Å². The summed E-state index contributed by atoms with van der Waals surface area (Å²) in [5.74, 6) is 0.170. The smallest absolute Gasteiger partial charge is 0.358 e. The largest absolute Gasteiger partial charge is 0.461 e. The Morgan fingerprint density at radius 3 is 2.50 bits per heavy atom. The molecule has 10 heteroatoms. The van der Waals surface area contributed by atoms with Gasteiger partial charge in [-0.05, 0) is 25.7 Å². The Balaban J connectivity index is 2.86. The van der Waals surface area contributed by atoms with Gasteiger partial charge in [-0.1, -0.05) is 0 Å². The lowest BCUT2D eigenvalue weighted by Crippen LogP contribution is -2.14. The van der Waals surface area contributed by atoms with E-state index in [-0.39, 0.29) is 24.1 Å². The number of esters is 1. The summed E-state index contributed by atoms with van der Waals surface area (Å²) in [7, 11) is 0.610. The SMILES string of the molecule is CCOC(=O)c1cc(S(=O)(=O)Cl)n(COCCS(C)(C)C)n1. The van der Waals surface area contributed by atoms with Crippen LogP contribution in [-0.4, -0.2) is 61.9 Å². The molecule has 0 aliphatic heterocycles. The van der Waals surface area contributed by atoms with E-state index in [9.17, 15) is 13.2 Å². The van der Waals surface area contributed by atoms with Crippen molar-refractivity contribution >= 4 is 35.7 Å². The van der Waals surface area contributed by atoms with E-state index in [2.05, 4.69) is 23.9 Å². The van der Waals surface area contributed by atoms with Gasteiger partial charge in [-0.15, -0.1) is 0 Å². The van der Waals surface area contributed by atoms with Crippen LogP contribution in [0.3, 0.4) is 0 Å². The zero-order chi connectivity index (χ0) is 17.0. The first-order chi connectivity index (χ1) is 10.0. The second-order valence-electron chi connectivity index (χ2n) is 5.36. The van der Waals surface area contributed by atoms with Crippen LogP contribution in [-0.2, 0) is 25.3 Å². The lowest BCUT2D eigenvalue weighted by Gasteiger charge is -2.24. The highest BCUT2D eigenvalue weighted by Gasteiger charge is 2.23. The minimum atomic E-state index is -4.04. The molecule has 0 bridgehead atoms. The van der Waals surface area contributed by atoms with Crippen molar-refractivity contribution in [2.24, 2.45) is 0 Å². The number of nitrogens with zero attached hydrogens (tertiary/aromatic N) is 2. The number of carbonyl (C=O) groups is 1. The number of hydrogen-bond acceptors (Lipinski definition) is 6. The van der Waals surface area contributed by atoms with E-state index < -0.39 is 25.0 Å². The maximum absolute atomic E-state index is 11.6. The minimum Gasteiger partial charge on any atom is -0.461 e. The molecule has 0 aromatic carbocycles. The molecule has 0 aliphatic rings. The number of ether oxygens (including phenoxy) is 2. The van der Waals surface area contributed by atoms with E-state index in [0.717, 1.165) is 16.5 Å². The molecule has 7 nitrogen and oxygen atoms in total. The molecule has 128 valence electrons. The predicted octanol–water partition coefficient (Wildman–Crippen LogP) is 1.66. The van der Waals surface area contributed by atoms with Crippen molar-refractivity contribution in [1.82, 2.24) is 9.78 Å². The summed E-state index contributed by atoms with van der Waals surface area (Å²) in [4.78, 5) is 11.6. The maximum Gasteiger partial charge on any atom is 0.358 e. The Morgan fingerprint density at radius 1 is 1.36 bits per heavy atom. The van der Waals surface area contributed by atoms with Gasteiger partial charge in [0.2, 0.25) is 0 Å². The van der Waals surface area contributed by atoms with Crippen LogP contribution in [0.25, 0.3) is 0 Å². The van der Waals surface area contributed by atoms with Crippen molar-refractivity contribution in [3.8, 4) is 0 Å². The number of rotatable bonds is 8. The van der Waals surface area contributed by atoms with Crippen LogP contribution in [0.4, 0.5) is 0 Å². The Hall–Kier alpha value is -0.770. The van der Waals surface area contributed by atoms with Crippen LogP contribution in [0.2, 0.25) is 0 Å². The average Bonchev–Trinajstić information content (AvgIpc) is 2.78. The summed E-state index contributed by atoms with van der Waals surface area (Å²) < 4.78 is 34.3. The Kier molecular flexibility index (Phi) is 6.72. The Labute approximate surface area is 136 Å². The fraction of sp³-hybridized carbons (Fsp3) is 0.667. The summed E-state index contributed by atoms with van der Waals surface area (Å²) in [6.07, 6.45) is 6.45. The second-order valence-corrected chi connectivity index (χ2v) is 12.5. The number of aromatic nitrogens is 2. The van der Waals surface area contributed by atoms with E-state index in [1.807, 2.05) is 0 Å². The van der Waals surface area contributed by atoms with Gasteiger partial charge in [-0.2, -0.15) is 5.10 Å². The zero-order valence-corrected chi connectivity index (χ0v) is 15.4. The summed E-state index contributed by atoms with van der Waals surface area (Å²) >= 11 is 0. The Bertz CT molecular complexity index is 622. The fourth-order valence-corrected chi connectivity index (χ4v) is 3.04. The highest BCUT2D eigenvalue weighted by Crippen LogP contribution is 2.33. The van der Waals surface area contributed by atoms with Crippen LogP contribution < -0.4 is 0 Å². The molecule has 0 radical (unpaired) electrons. The molecule has 1 rings (SSSR count). The monoisotopic (exact) mass is 372 g/mol. The molecule has 22 heavy (non-hydrogen) atoms. The van der Waals surface area contributed by atoms with Gasteiger partial charge in [-0.3, -0.25) is 0 Å². The topological polar surface area (TPSA) is 87.5 Å². The van der Waals surface area contributed by atoms with Crippen molar-refractivity contribution in [3.63, 3.8) is 0 Å². The first-order valence-electron chi connectivity index (χ1n) is 6.48. The number of hydrogen-bond donors (Lipinski definition) is 0. The molecule has 0 atom stereocenters. The van der Waals surface area contributed by atoms with E-state index in [4.69, 9.17) is 20.2 Å². The van der Waals surface area contributed by atoms with Gasteiger partial charge in [-0.25, -0.2) is 27.9 Å². The molecule has 0 aliphatic carbocycles. The molecule has 0 N–H and O–H groups in total. The fourth-order valence-electron chi connectivity index (χ4n) is 1.45. The standard InChI is InChI=1S/C12H21ClN2O5S2/c1-5-20-12(16)10-8-11(22(13,17)18)15(14-10)9-19-6-7-21(2,3)4/h8H,5-7,9H2,1-4H3. The first-order valence-corrected chi connectivity index (χ1v) is 11.8. The number of halogens is 1. The molecule has 0 spiro atoms.